The number of halogens is 6. The molecule has 25 heavy (non-hydrogen) atoms. The van der Waals surface area contributed by atoms with Gasteiger partial charge in [0.15, 0.2) is 0 Å². The molecule has 0 aliphatic rings. The van der Waals surface area contributed by atoms with Crippen LogP contribution in [0, 0.1) is 0 Å². The molecule has 0 radical (unpaired) electrons. The van der Waals surface area contributed by atoms with Crippen molar-refractivity contribution in [2.75, 3.05) is 0 Å². The monoisotopic (exact) mass is 410 g/mol. The third-order valence-corrected chi connectivity index (χ3v) is 3.80. The number of carbonyl (C=O) groups excluding carboxylic acids is 1. The number of hydrogen-bond acceptors (Lipinski definition) is 3. The van der Waals surface area contributed by atoms with E-state index in [-0.39, 0.29) is 26.9 Å². The Morgan fingerprint density at radius 2 is 1.80 bits per heavy atom. The number of alkyl halides is 3. The van der Waals surface area contributed by atoms with Crippen LogP contribution >= 0.6 is 34.8 Å². The van der Waals surface area contributed by atoms with Crippen molar-refractivity contribution in [2.45, 2.75) is 6.18 Å². The lowest BCUT2D eigenvalue weighted by atomic mass is 10.1. The second kappa shape index (κ2) is 7.51. The van der Waals surface area contributed by atoms with Crippen molar-refractivity contribution in [3.05, 3.63) is 62.1 Å². The van der Waals surface area contributed by atoms with Gasteiger partial charge in [-0.05, 0) is 30.3 Å². The second-order valence-corrected chi connectivity index (χ2v) is 5.97. The van der Waals surface area contributed by atoms with Crippen molar-refractivity contribution in [1.82, 2.24) is 5.43 Å². The van der Waals surface area contributed by atoms with Crippen LogP contribution < -0.4 is 5.43 Å². The van der Waals surface area contributed by atoms with Gasteiger partial charge in [0.1, 0.15) is 5.75 Å². The molecule has 4 nitrogen and oxygen atoms in total. The van der Waals surface area contributed by atoms with Crippen LogP contribution in [-0.2, 0) is 6.18 Å². The zero-order valence-electron chi connectivity index (χ0n) is 12.0. The van der Waals surface area contributed by atoms with E-state index in [1.165, 1.54) is 12.1 Å². The molecular formula is C15H8Cl3F3N2O2. The molecule has 0 fully saturated rings. The number of carbonyl (C=O) groups is 1. The van der Waals surface area contributed by atoms with Crippen LogP contribution in [0.5, 0.6) is 5.75 Å². The van der Waals surface area contributed by atoms with E-state index in [1.54, 1.807) is 0 Å². The van der Waals surface area contributed by atoms with Crippen LogP contribution in [0.1, 0.15) is 21.5 Å². The summed E-state index contributed by atoms with van der Waals surface area (Å²) in [5.74, 6) is -1.21. The quantitative estimate of drug-likeness (QED) is 0.543. The Labute approximate surface area is 154 Å². The number of phenols is 1. The van der Waals surface area contributed by atoms with Gasteiger partial charge in [0.05, 0.1) is 21.8 Å². The summed E-state index contributed by atoms with van der Waals surface area (Å²) in [6, 6.07) is 5.34. The summed E-state index contributed by atoms with van der Waals surface area (Å²) < 4.78 is 38.4. The highest BCUT2D eigenvalue weighted by Crippen LogP contribution is 2.35. The number of benzene rings is 2. The molecule has 0 aromatic heterocycles. The molecule has 0 unspecified atom stereocenters. The van der Waals surface area contributed by atoms with E-state index >= 15 is 0 Å². The maximum Gasteiger partial charge on any atom is 0.417 e. The van der Waals surface area contributed by atoms with Gasteiger partial charge in [0.2, 0.25) is 0 Å². The van der Waals surface area contributed by atoms with Gasteiger partial charge >= 0.3 is 6.18 Å². The first-order chi connectivity index (χ1) is 11.6. The number of hydrogen-bond donors (Lipinski definition) is 2. The molecule has 2 aromatic carbocycles. The smallest absolute Gasteiger partial charge is 0.417 e. The lowest BCUT2D eigenvalue weighted by Gasteiger charge is -2.10. The molecule has 0 aliphatic carbocycles. The Balaban J connectivity index is 2.19. The van der Waals surface area contributed by atoms with Gasteiger partial charge in [-0.2, -0.15) is 18.3 Å². The van der Waals surface area contributed by atoms with Gasteiger partial charge in [-0.1, -0.05) is 34.8 Å². The Bertz CT molecular complexity index is 855. The summed E-state index contributed by atoms with van der Waals surface area (Å²) in [5.41, 5.74) is 0.726. The fourth-order valence-electron chi connectivity index (χ4n) is 1.79. The molecule has 0 saturated heterocycles. The van der Waals surface area contributed by atoms with Crippen molar-refractivity contribution >= 4 is 46.9 Å². The summed E-state index contributed by atoms with van der Waals surface area (Å²) in [4.78, 5) is 11.9. The zero-order chi connectivity index (χ0) is 18.8. The number of amides is 1. The minimum atomic E-state index is -4.69. The SMILES string of the molecule is O=C(NN=Cc1cc(Cl)cc(Cl)c1O)c1ccc(Cl)c(C(F)(F)F)c1. The Morgan fingerprint density at radius 3 is 2.44 bits per heavy atom. The van der Waals surface area contributed by atoms with Crippen LogP contribution in [0.25, 0.3) is 0 Å². The van der Waals surface area contributed by atoms with E-state index < -0.39 is 22.7 Å². The average molecular weight is 412 g/mol. The molecule has 0 atom stereocenters. The van der Waals surface area contributed by atoms with Crippen LogP contribution in [-0.4, -0.2) is 17.2 Å². The van der Waals surface area contributed by atoms with Gasteiger partial charge < -0.3 is 5.11 Å². The third-order valence-electron chi connectivity index (χ3n) is 2.96. The Morgan fingerprint density at radius 1 is 1.12 bits per heavy atom. The van der Waals surface area contributed by atoms with E-state index in [1.807, 2.05) is 5.43 Å². The molecule has 0 saturated carbocycles. The predicted octanol–water partition coefficient (Wildman–Crippen LogP) is 5.14. The normalized spacial score (nSPS) is 11.8. The molecule has 10 heteroatoms. The lowest BCUT2D eigenvalue weighted by Crippen LogP contribution is -2.18. The summed E-state index contributed by atoms with van der Waals surface area (Å²) in [5, 5.41) is 13.0. The third kappa shape index (κ3) is 4.78. The van der Waals surface area contributed by atoms with Crippen molar-refractivity contribution in [1.29, 1.82) is 0 Å². The molecule has 0 aliphatic heterocycles. The summed E-state index contributed by atoms with van der Waals surface area (Å²) >= 11 is 17.0. The molecule has 1 amide bonds. The highest BCUT2D eigenvalue weighted by molar-refractivity contribution is 6.36. The van der Waals surface area contributed by atoms with E-state index in [0.717, 1.165) is 18.3 Å². The maximum atomic E-state index is 12.8. The first kappa shape index (κ1) is 19.4. The molecule has 2 N–H and O–H groups in total. The molecule has 2 aromatic rings. The van der Waals surface area contributed by atoms with Gasteiger partial charge in [0, 0.05) is 16.1 Å². The number of phenolic OH excluding ortho intramolecular Hbond substituents is 1. The van der Waals surface area contributed by atoms with E-state index in [9.17, 15) is 23.1 Å². The van der Waals surface area contributed by atoms with Crippen LogP contribution in [0.4, 0.5) is 13.2 Å². The number of nitrogens with zero attached hydrogens (tertiary/aromatic N) is 1. The first-order valence-corrected chi connectivity index (χ1v) is 7.61. The number of nitrogens with one attached hydrogen (secondary N) is 1. The van der Waals surface area contributed by atoms with Crippen molar-refractivity contribution in [2.24, 2.45) is 5.10 Å². The van der Waals surface area contributed by atoms with Crippen LogP contribution in [0.15, 0.2) is 35.4 Å². The highest BCUT2D eigenvalue weighted by Gasteiger charge is 2.33. The standard InChI is InChI=1S/C15H8Cl3F3N2O2/c16-9-3-8(13(24)12(18)5-9)6-22-23-14(25)7-1-2-11(17)10(4-7)15(19,20)21/h1-6,24H,(H,23,25). The zero-order valence-corrected chi connectivity index (χ0v) is 14.3. The van der Waals surface area contributed by atoms with Crippen molar-refractivity contribution < 1.29 is 23.1 Å². The topological polar surface area (TPSA) is 61.7 Å². The Hall–Kier alpha value is -1.96. The minimum Gasteiger partial charge on any atom is -0.506 e. The molecule has 0 bridgehead atoms. The molecule has 0 heterocycles. The minimum absolute atomic E-state index is 0.0206. The summed E-state index contributed by atoms with van der Waals surface area (Å²) in [6.07, 6.45) is -3.65. The fraction of sp³-hybridized carbons (Fsp3) is 0.0667. The number of rotatable bonds is 3. The predicted molar refractivity (Wildman–Crippen MR) is 89.6 cm³/mol. The average Bonchev–Trinajstić information content (AvgIpc) is 2.51. The molecule has 2 rings (SSSR count). The van der Waals surface area contributed by atoms with Gasteiger partial charge in [-0.25, -0.2) is 5.43 Å². The molecule has 132 valence electrons. The number of aromatic hydroxyl groups is 1. The largest absolute Gasteiger partial charge is 0.506 e. The lowest BCUT2D eigenvalue weighted by molar-refractivity contribution is -0.137. The van der Waals surface area contributed by atoms with Crippen molar-refractivity contribution in [3.63, 3.8) is 0 Å². The van der Waals surface area contributed by atoms with Crippen molar-refractivity contribution in [3.8, 4) is 5.75 Å². The second-order valence-electron chi connectivity index (χ2n) is 4.72. The van der Waals surface area contributed by atoms with Gasteiger partial charge in [-0.3, -0.25) is 4.79 Å². The van der Waals surface area contributed by atoms with Gasteiger partial charge in [0.25, 0.3) is 5.91 Å². The van der Waals surface area contributed by atoms with E-state index in [2.05, 4.69) is 5.10 Å². The number of hydrazone groups is 1. The summed E-state index contributed by atoms with van der Waals surface area (Å²) in [6.45, 7) is 0. The van der Waals surface area contributed by atoms with Crippen LogP contribution in [0.3, 0.4) is 0 Å². The fourth-order valence-corrected chi connectivity index (χ4v) is 2.53. The highest BCUT2D eigenvalue weighted by atomic mass is 35.5. The Kier molecular flexibility index (Phi) is 5.82. The van der Waals surface area contributed by atoms with E-state index in [4.69, 9.17) is 34.8 Å². The molecule has 0 spiro atoms. The van der Waals surface area contributed by atoms with Gasteiger partial charge in [-0.15, -0.1) is 0 Å². The first-order valence-electron chi connectivity index (χ1n) is 6.47. The molecular weight excluding hydrogens is 404 g/mol. The summed E-state index contributed by atoms with van der Waals surface area (Å²) in [7, 11) is 0. The maximum absolute atomic E-state index is 12.8. The van der Waals surface area contributed by atoms with E-state index in [0.29, 0.717) is 6.07 Å². The van der Waals surface area contributed by atoms with Crippen LogP contribution in [0.2, 0.25) is 15.1 Å².